The van der Waals surface area contributed by atoms with Crippen LogP contribution in [0.4, 0.5) is 4.79 Å². The van der Waals surface area contributed by atoms with Gasteiger partial charge in [-0.2, -0.15) is 0 Å². The predicted octanol–water partition coefficient (Wildman–Crippen LogP) is 0.00162. The highest BCUT2D eigenvalue weighted by Gasteiger charge is 2.29. The van der Waals surface area contributed by atoms with Gasteiger partial charge in [0.1, 0.15) is 24.0 Å². The normalized spacial score (nSPS) is 17.0. The van der Waals surface area contributed by atoms with Crippen LogP contribution in [0.3, 0.4) is 0 Å². The second kappa shape index (κ2) is 6.82. The van der Waals surface area contributed by atoms with Gasteiger partial charge in [0.15, 0.2) is 0 Å². The summed E-state index contributed by atoms with van der Waals surface area (Å²) in [6.45, 7) is 1.63. The standard InChI is InChI=1S/C16H17N5O5/c1-7-18-11-5-8(6-26-16(17)25)4-9(13(11)19-7)14(23)20-10-2-3-12(22)21-15(10)24/h4-5,10H,2-3,6H2,1H3,(H2,17,25)(H,18,19)(H,20,23)(H,21,22,24). The molecule has 3 rings (SSSR count). The highest BCUT2D eigenvalue weighted by atomic mass is 16.5. The number of imide groups is 1. The van der Waals surface area contributed by atoms with Crippen LogP contribution in [0.2, 0.25) is 0 Å². The number of nitrogens with one attached hydrogen (secondary N) is 3. The van der Waals surface area contributed by atoms with Crippen molar-refractivity contribution in [2.24, 2.45) is 5.73 Å². The zero-order valence-electron chi connectivity index (χ0n) is 13.9. The molecule has 1 saturated heterocycles. The molecule has 1 aliphatic heterocycles. The maximum Gasteiger partial charge on any atom is 0.404 e. The summed E-state index contributed by atoms with van der Waals surface area (Å²) in [5, 5.41) is 4.80. The number of aryl methyl sites for hydroxylation is 1. The van der Waals surface area contributed by atoms with E-state index in [2.05, 4.69) is 20.6 Å². The Kier molecular flexibility index (Phi) is 4.57. The Hall–Kier alpha value is -3.43. The van der Waals surface area contributed by atoms with E-state index in [1.807, 2.05) is 0 Å². The number of benzene rings is 1. The van der Waals surface area contributed by atoms with Crippen LogP contribution in [0.1, 0.15) is 34.6 Å². The van der Waals surface area contributed by atoms with Gasteiger partial charge in [-0.1, -0.05) is 0 Å². The number of imidazole rings is 1. The van der Waals surface area contributed by atoms with Gasteiger partial charge in [0.05, 0.1) is 11.1 Å². The Morgan fingerprint density at radius 3 is 2.85 bits per heavy atom. The van der Waals surface area contributed by atoms with E-state index in [9.17, 15) is 19.2 Å². The van der Waals surface area contributed by atoms with Crippen LogP contribution in [0.5, 0.6) is 0 Å². The van der Waals surface area contributed by atoms with Crippen molar-refractivity contribution >= 4 is 34.8 Å². The average molecular weight is 359 g/mol. The number of aromatic nitrogens is 2. The fourth-order valence-electron chi connectivity index (χ4n) is 2.78. The topological polar surface area (TPSA) is 156 Å². The number of amides is 4. The van der Waals surface area contributed by atoms with Crippen molar-refractivity contribution in [2.75, 3.05) is 0 Å². The molecule has 4 amide bonds. The predicted molar refractivity (Wildman–Crippen MR) is 88.8 cm³/mol. The number of hydrogen-bond donors (Lipinski definition) is 4. The largest absolute Gasteiger partial charge is 0.445 e. The van der Waals surface area contributed by atoms with Gasteiger partial charge >= 0.3 is 6.09 Å². The molecule has 26 heavy (non-hydrogen) atoms. The molecule has 2 aromatic rings. The quantitative estimate of drug-likeness (QED) is 0.563. The number of aromatic amines is 1. The van der Waals surface area contributed by atoms with Crippen LogP contribution in [-0.4, -0.2) is 39.8 Å². The first-order valence-electron chi connectivity index (χ1n) is 7.89. The van der Waals surface area contributed by atoms with Crippen molar-refractivity contribution in [3.8, 4) is 0 Å². The fourth-order valence-corrected chi connectivity index (χ4v) is 2.78. The van der Waals surface area contributed by atoms with E-state index in [0.717, 1.165) is 0 Å². The molecule has 2 heterocycles. The minimum atomic E-state index is -0.930. The molecule has 0 radical (unpaired) electrons. The third-order valence-corrected chi connectivity index (χ3v) is 3.94. The number of H-pyrrole nitrogens is 1. The van der Waals surface area contributed by atoms with Gasteiger partial charge in [-0.3, -0.25) is 19.7 Å². The smallest absolute Gasteiger partial charge is 0.404 e. The molecule has 10 heteroatoms. The number of ether oxygens (including phenoxy) is 1. The van der Waals surface area contributed by atoms with Crippen molar-refractivity contribution in [3.63, 3.8) is 0 Å². The summed E-state index contributed by atoms with van der Waals surface area (Å²) >= 11 is 0. The molecule has 5 N–H and O–H groups in total. The molecule has 0 spiro atoms. The number of piperidine rings is 1. The third-order valence-electron chi connectivity index (χ3n) is 3.94. The van der Waals surface area contributed by atoms with E-state index >= 15 is 0 Å². The molecule has 1 aromatic heterocycles. The Balaban J connectivity index is 1.89. The number of fused-ring (bicyclic) bond motifs is 1. The van der Waals surface area contributed by atoms with E-state index in [4.69, 9.17) is 10.5 Å². The summed E-state index contributed by atoms with van der Waals surface area (Å²) in [5.41, 5.74) is 6.74. The van der Waals surface area contributed by atoms with Crippen molar-refractivity contribution in [2.45, 2.75) is 32.4 Å². The first-order chi connectivity index (χ1) is 12.3. The molecule has 1 unspecified atom stereocenters. The average Bonchev–Trinajstić information content (AvgIpc) is 2.94. The van der Waals surface area contributed by atoms with E-state index in [1.54, 1.807) is 13.0 Å². The van der Waals surface area contributed by atoms with Gasteiger partial charge in [-0.15, -0.1) is 0 Å². The number of primary amides is 1. The third kappa shape index (κ3) is 3.63. The van der Waals surface area contributed by atoms with Crippen LogP contribution in [-0.2, 0) is 20.9 Å². The lowest BCUT2D eigenvalue weighted by Crippen LogP contribution is -2.52. The van der Waals surface area contributed by atoms with Crippen LogP contribution in [0.25, 0.3) is 11.0 Å². The van der Waals surface area contributed by atoms with Gasteiger partial charge in [-0.25, -0.2) is 9.78 Å². The second-order valence-corrected chi connectivity index (χ2v) is 5.95. The molecule has 1 atom stereocenters. The molecule has 1 fully saturated rings. The number of nitrogens with zero attached hydrogens (tertiary/aromatic N) is 1. The van der Waals surface area contributed by atoms with Gasteiger partial charge in [0.25, 0.3) is 5.91 Å². The van der Waals surface area contributed by atoms with Crippen molar-refractivity contribution < 1.29 is 23.9 Å². The van der Waals surface area contributed by atoms with Crippen molar-refractivity contribution in [1.82, 2.24) is 20.6 Å². The number of nitrogens with two attached hydrogens (primary N) is 1. The van der Waals surface area contributed by atoms with Gasteiger partial charge in [0.2, 0.25) is 11.8 Å². The maximum absolute atomic E-state index is 12.7. The Morgan fingerprint density at radius 1 is 1.38 bits per heavy atom. The fraction of sp³-hybridized carbons (Fsp3) is 0.312. The molecule has 10 nitrogen and oxygen atoms in total. The van der Waals surface area contributed by atoms with Crippen molar-refractivity contribution in [1.29, 1.82) is 0 Å². The van der Waals surface area contributed by atoms with Gasteiger partial charge in [-0.05, 0) is 31.0 Å². The first-order valence-corrected chi connectivity index (χ1v) is 7.89. The highest BCUT2D eigenvalue weighted by molar-refractivity contribution is 6.08. The molecular weight excluding hydrogens is 342 g/mol. The summed E-state index contributed by atoms with van der Waals surface area (Å²) in [5.74, 6) is -0.825. The van der Waals surface area contributed by atoms with Crippen LogP contribution in [0, 0.1) is 6.92 Å². The lowest BCUT2D eigenvalue weighted by molar-refractivity contribution is -0.134. The van der Waals surface area contributed by atoms with E-state index in [0.29, 0.717) is 22.4 Å². The molecule has 1 aromatic carbocycles. The van der Waals surface area contributed by atoms with Crippen LogP contribution in [0.15, 0.2) is 12.1 Å². The van der Waals surface area contributed by atoms with Gasteiger partial charge < -0.3 is 20.8 Å². The zero-order chi connectivity index (χ0) is 18.8. The van der Waals surface area contributed by atoms with Crippen LogP contribution < -0.4 is 16.4 Å². The van der Waals surface area contributed by atoms with Crippen molar-refractivity contribution in [3.05, 3.63) is 29.1 Å². The van der Waals surface area contributed by atoms with E-state index in [-0.39, 0.29) is 30.9 Å². The summed E-state index contributed by atoms with van der Waals surface area (Å²) in [4.78, 5) is 53.9. The Morgan fingerprint density at radius 2 is 2.15 bits per heavy atom. The SMILES string of the molecule is Cc1nc2c(C(=O)NC3CCC(=O)NC3=O)cc(COC(N)=O)cc2[nH]1. The second-order valence-electron chi connectivity index (χ2n) is 5.95. The number of rotatable bonds is 4. The van der Waals surface area contributed by atoms with E-state index < -0.39 is 23.9 Å². The lowest BCUT2D eigenvalue weighted by Gasteiger charge is -2.22. The first kappa shape index (κ1) is 17.4. The molecule has 0 saturated carbocycles. The minimum absolute atomic E-state index is 0.109. The van der Waals surface area contributed by atoms with Crippen LogP contribution >= 0.6 is 0 Å². The monoisotopic (exact) mass is 359 g/mol. The molecule has 1 aliphatic rings. The Bertz CT molecular complexity index is 919. The van der Waals surface area contributed by atoms with Gasteiger partial charge in [0, 0.05) is 6.42 Å². The number of carbonyl (C=O) groups is 4. The lowest BCUT2D eigenvalue weighted by atomic mass is 10.0. The number of carbonyl (C=O) groups excluding carboxylic acids is 4. The summed E-state index contributed by atoms with van der Waals surface area (Å²) in [6.07, 6.45) is -0.551. The summed E-state index contributed by atoms with van der Waals surface area (Å²) in [7, 11) is 0. The number of hydrogen-bond acceptors (Lipinski definition) is 6. The summed E-state index contributed by atoms with van der Waals surface area (Å²) in [6, 6.07) is 2.41. The summed E-state index contributed by atoms with van der Waals surface area (Å²) < 4.78 is 4.77. The molecule has 136 valence electrons. The van der Waals surface area contributed by atoms with E-state index in [1.165, 1.54) is 6.07 Å². The zero-order valence-corrected chi connectivity index (χ0v) is 13.9. The maximum atomic E-state index is 12.7. The molecule has 0 aliphatic carbocycles. The molecular formula is C16H17N5O5. The molecule has 0 bridgehead atoms. The highest BCUT2D eigenvalue weighted by Crippen LogP contribution is 2.21. The Labute approximate surface area is 147 Å². The minimum Gasteiger partial charge on any atom is -0.445 e.